The number of pyridine rings is 4. The molecule has 39 heteroatoms. The molecule has 36 nitrogen and oxygen atoms in total. The van der Waals surface area contributed by atoms with Crippen LogP contribution in [0.5, 0.6) is 0 Å². The van der Waals surface area contributed by atoms with Crippen molar-refractivity contribution in [2.24, 2.45) is 31.4 Å². The molecule has 12 aromatic rings. The zero-order valence-electron chi connectivity index (χ0n) is 73.6. The maximum atomic E-state index is 12.4. The number of rotatable bonds is 11. The van der Waals surface area contributed by atoms with Crippen molar-refractivity contribution in [3.8, 4) is 0 Å². The molecule has 0 unspecified atom stereocenters. The fraction of sp³-hybridized carbons (Fsp3) is 0.391. The Bertz CT molecular complexity index is 5360. The molecule has 126 heavy (non-hydrogen) atoms. The number of aliphatic hydroxyl groups excluding tert-OH is 1. The lowest BCUT2D eigenvalue weighted by Gasteiger charge is -2.36. The number of carbonyl (C=O) groups excluding carboxylic acids is 6. The number of imidazole rings is 5. The van der Waals surface area contributed by atoms with Gasteiger partial charge in [-0.25, -0.2) is 73.1 Å². The van der Waals surface area contributed by atoms with E-state index in [2.05, 4.69) is 167 Å². The Labute approximate surface area is 743 Å². The first-order valence-electron chi connectivity index (χ1n) is 40.1. The predicted octanol–water partition coefficient (Wildman–Crippen LogP) is 13.3. The fourth-order valence-electron chi connectivity index (χ4n) is 12.3. The summed E-state index contributed by atoms with van der Waals surface area (Å²) in [6.07, 6.45) is 16.1. The standard InChI is InChI=1S/C18H15P.2C16H22N4O3.C9H17NO3.C8H14N2O4.C7H6N4O.C7H7N3O.C6H9N3.2ClH/c1-4-10-16(11-5-1)19(17-12-6-2-7-13-17)18-14-8-3-9-15-18;2*1-16(2,3)23-14(21)18-10-8-11(9-10)20-13-12(6-5-7-17-13)19(4)15(20)22;1-9(2,3)13-8(12)10-6-4-7(11)5-6;1-5(2)13-7(11)9-10-8(12)14-6(3)4;12-7(10-3-1-8-5-10)11-4-2-9-6-11;1-10-5-3-2-4-8-6(5)9-7(10)11;1-8-5-3-2-4-9-6(5)7;;/h1-15H;2*5-7,10-11H,8-9H2,1-4H3,(H,18,21);6-7,11H,4-5H2,1-3H3,(H,10,12);5-6H,1-4H3;1-6H;2-4H,1H3,(H,8,9,11);2-4,8H,1H3,(H2,7,9);2*1H. The molecule has 3 aromatic carbocycles. The molecule has 676 valence electrons. The van der Waals surface area contributed by atoms with Crippen LogP contribution >= 0.6 is 32.7 Å². The quantitative estimate of drug-likeness (QED) is 0.0359. The molecular weight excluding hydrogens is 1680 g/mol. The molecule has 8 N–H and O–H groups in total. The number of fused-ring (bicyclic) bond motifs is 3. The molecule has 3 aliphatic rings. The van der Waals surface area contributed by atoms with E-state index in [0.717, 1.165) is 22.2 Å². The summed E-state index contributed by atoms with van der Waals surface area (Å²) < 4.78 is 35.7. The maximum absolute atomic E-state index is 12.4. The van der Waals surface area contributed by atoms with E-state index < -0.39 is 55.2 Å². The third kappa shape index (κ3) is 31.4. The summed E-state index contributed by atoms with van der Waals surface area (Å²) in [5.41, 5.74) is 9.09. The molecule has 0 spiro atoms. The molecular formula is C87H114Cl2N21O15P. The second kappa shape index (κ2) is 47.8. The highest BCUT2D eigenvalue weighted by molar-refractivity contribution is 7.79. The van der Waals surface area contributed by atoms with Crippen molar-refractivity contribution >= 4 is 130 Å². The number of nitrogen functional groups attached to an aromatic ring is 1. The normalized spacial score (nSPS) is 15.9. The number of nitrogens with two attached hydrogens (primary N) is 1. The molecule has 0 radical (unpaired) electrons. The van der Waals surface area contributed by atoms with Crippen LogP contribution in [0.3, 0.4) is 0 Å². The number of aryl methyl sites for hydroxylation is 3. The van der Waals surface area contributed by atoms with Gasteiger partial charge < -0.3 is 55.8 Å². The number of ether oxygens (including phenoxy) is 5. The van der Waals surface area contributed by atoms with Gasteiger partial charge >= 0.3 is 53.6 Å². The summed E-state index contributed by atoms with van der Waals surface area (Å²) in [5, 5.41) is 30.5. The number of benzene rings is 3. The van der Waals surface area contributed by atoms with E-state index in [1.165, 1.54) is 42.3 Å². The lowest BCUT2D eigenvalue weighted by Crippen LogP contribution is -2.48. The van der Waals surface area contributed by atoms with E-state index in [-0.39, 0.29) is 96.4 Å². The van der Waals surface area contributed by atoms with Gasteiger partial charge in [-0.05, 0) is 201 Å². The van der Waals surface area contributed by atoms with E-state index in [9.17, 15) is 43.2 Å². The Morgan fingerprint density at radius 1 is 0.484 bits per heavy atom. The lowest BCUT2D eigenvalue weighted by molar-refractivity contribution is 0.0301. The Hall–Kier alpha value is -12.9. The maximum Gasteiger partial charge on any atom is 0.452 e. The third-order valence-corrected chi connectivity index (χ3v) is 20.5. The molecule has 3 fully saturated rings. The molecule has 3 saturated carbocycles. The summed E-state index contributed by atoms with van der Waals surface area (Å²) in [7, 11) is 6.57. The van der Waals surface area contributed by atoms with Crippen LogP contribution in [0.1, 0.15) is 141 Å². The zero-order chi connectivity index (χ0) is 90.6. The molecule has 0 aliphatic heterocycles. The van der Waals surface area contributed by atoms with Gasteiger partial charge in [0.25, 0.3) is 0 Å². The van der Waals surface area contributed by atoms with E-state index >= 15 is 0 Å². The van der Waals surface area contributed by atoms with Gasteiger partial charge in [0.1, 0.15) is 35.3 Å². The van der Waals surface area contributed by atoms with Crippen LogP contribution in [-0.2, 0) is 44.8 Å². The van der Waals surface area contributed by atoms with Gasteiger partial charge in [-0.3, -0.25) is 37.0 Å². The van der Waals surface area contributed by atoms with Gasteiger partial charge in [0.2, 0.25) is 0 Å². The minimum Gasteiger partial charge on any atom is -0.444 e. The topological polar surface area (TPSA) is 447 Å². The summed E-state index contributed by atoms with van der Waals surface area (Å²) in [4.78, 5) is 130. The number of H-pyrrole nitrogens is 1. The number of hydrogen-bond donors (Lipinski definition) is 7. The van der Waals surface area contributed by atoms with Crippen molar-refractivity contribution in [1.82, 2.24) is 82.8 Å². The van der Waals surface area contributed by atoms with E-state index in [4.69, 9.17) is 25.1 Å². The van der Waals surface area contributed by atoms with Gasteiger partial charge in [0.05, 0.1) is 40.5 Å². The summed E-state index contributed by atoms with van der Waals surface area (Å²) >= 11 is 0. The van der Waals surface area contributed by atoms with Crippen molar-refractivity contribution in [2.75, 3.05) is 18.1 Å². The Kier molecular flexibility index (Phi) is 38.7. The van der Waals surface area contributed by atoms with E-state index in [1.54, 1.807) is 123 Å². The Morgan fingerprint density at radius 2 is 0.833 bits per heavy atom. The highest BCUT2D eigenvalue weighted by Crippen LogP contribution is 2.36. The average molecular weight is 1800 g/mol. The lowest BCUT2D eigenvalue weighted by atomic mass is 9.86. The second-order valence-corrected chi connectivity index (χ2v) is 34.4. The summed E-state index contributed by atoms with van der Waals surface area (Å²) in [6, 6.07) is 47.2. The first kappa shape index (κ1) is 102. The number of alkyl carbamates (subject to hydrolysis) is 3. The number of nitrogens with zero attached hydrogens (tertiary/aromatic N) is 15. The van der Waals surface area contributed by atoms with Gasteiger partial charge in [-0.1, -0.05) is 101 Å². The van der Waals surface area contributed by atoms with Crippen molar-refractivity contribution in [1.29, 1.82) is 0 Å². The molecule has 9 heterocycles. The van der Waals surface area contributed by atoms with Crippen LogP contribution in [-0.4, -0.2) is 169 Å². The SMILES string of the molecule is CC(C)(C)OC(=O)NC1CC(O)C1.CC(C)OC(=O)N=NC(=O)OC(C)C.CNc1cccnc1N.Cl.Cl.Cn1c(=O)[nH]c2ncccc21.Cn1c(=O)n(C2CC(NC(=O)OC(C)(C)C)C2)c2ncccc21.Cn1c(=O)n(C2CC(NC(=O)OC(C)(C)C)C2)c2ncccc21.O=C(n1ccnc1)n1ccnc1.c1ccc(P(c2ccccc2)c2ccccc2)cc1. The monoisotopic (exact) mass is 1790 g/mol. The Balaban J connectivity index is 0.000000226. The molecule has 0 atom stereocenters. The van der Waals surface area contributed by atoms with Gasteiger partial charge in [0, 0.05) is 108 Å². The zero-order valence-corrected chi connectivity index (χ0v) is 76.2. The van der Waals surface area contributed by atoms with Crippen LogP contribution < -0.4 is 60.0 Å². The fourth-order valence-corrected chi connectivity index (χ4v) is 14.6. The van der Waals surface area contributed by atoms with Crippen LogP contribution in [0.4, 0.5) is 40.3 Å². The number of aromatic nitrogens is 14. The van der Waals surface area contributed by atoms with Crippen molar-refractivity contribution in [3.63, 3.8) is 0 Å². The number of amides is 5. The van der Waals surface area contributed by atoms with Crippen LogP contribution in [0.15, 0.2) is 226 Å². The molecule has 5 amide bonds. The largest absolute Gasteiger partial charge is 0.452 e. The Morgan fingerprint density at radius 3 is 1.15 bits per heavy atom. The first-order valence-corrected chi connectivity index (χ1v) is 41.5. The van der Waals surface area contributed by atoms with Crippen LogP contribution in [0.2, 0.25) is 0 Å². The molecule has 3 aliphatic carbocycles. The average Bonchev–Trinajstić information content (AvgIpc) is 1.61. The predicted molar refractivity (Wildman–Crippen MR) is 489 cm³/mol. The van der Waals surface area contributed by atoms with E-state index in [1.807, 2.05) is 112 Å². The number of aromatic amines is 1. The second-order valence-electron chi connectivity index (χ2n) is 32.2. The van der Waals surface area contributed by atoms with Gasteiger partial charge in [0.15, 0.2) is 16.9 Å². The molecule has 0 bridgehead atoms. The number of anilines is 2. The number of nitrogens with one attached hydrogen (secondary N) is 5. The number of carbonyl (C=O) groups is 6. The summed E-state index contributed by atoms with van der Waals surface area (Å²) in [6.45, 7) is 23.1. The third-order valence-electron chi connectivity index (χ3n) is 18.1. The van der Waals surface area contributed by atoms with E-state index in [0.29, 0.717) is 61.3 Å². The number of aliphatic hydroxyl groups is 1. The highest BCUT2D eigenvalue weighted by atomic mass is 35.5. The minimum absolute atomic E-state index is 0. The molecule has 15 rings (SSSR count). The van der Waals surface area contributed by atoms with Crippen molar-refractivity contribution < 1.29 is 57.6 Å². The van der Waals surface area contributed by atoms with Crippen LogP contribution in [0.25, 0.3) is 33.5 Å². The smallest absolute Gasteiger partial charge is 0.444 e. The molecule has 0 saturated heterocycles. The van der Waals surface area contributed by atoms with Crippen molar-refractivity contribution in [3.05, 3.63) is 233 Å². The number of hydrogen-bond acceptors (Lipinski definition) is 23. The molecule has 9 aromatic heterocycles. The highest BCUT2D eigenvalue weighted by Gasteiger charge is 2.37. The number of azo groups is 1. The van der Waals surface area contributed by atoms with Crippen LogP contribution in [0, 0.1) is 0 Å². The van der Waals surface area contributed by atoms with Crippen molar-refractivity contribution in [2.45, 2.75) is 194 Å². The first-order chi connectivity index (χ1) is 58.8. The minimum atomic E-state index is -0.902. The van der Waals surface area contributed by atoms with Gasteiger partial charge in [-0.15, -0.1) is 24.8 Å². The van der Waals surface area contributed by atoms with Gasteiger partial charge in [-0.2, -0.15) is 0 Å². The summed E-state index contributed by atoms with van der Waals surface area (Å²) in [5.74, 6) is 0.542. The number of halogens is 2.